The highest BCUT2D eigenvalue weighted by Gasteiger charge is 2.23. The first kappa shape index (κ1) is 9.01. The Balaban J connectivity index is 2.31. The molecule has 1 fully saturated rings. The zero-order valence-corrected chi connectivity index (χ0v) is 7.60. The van der Waals surface area contributed by atoms with Gasteiger partial charge in [0.15, 0.2) is 0 Å². The van der Waals surface area contributed by atoms with Crippen LogP contribution in [-0.2, 0) is 4.74 Å². The molecule has 0 radical (unpaired) electrons. The lowest BCUT2D eigenvalue weighted by Crippen LogP contribution is -2.35. The molecular weight excluding hydrogens is 138 g/mol. The fourth-order valence-electron chi connectivity index (χ4n) is 1.85. The van der Waals surface area contributed by atoms with Crippen molar-refractivity contribution in [1.29, 1.82) is 0 Å². The Bertz CT molecular complexity index is 104. The van der Waals surface area contributed by atoms with Gasteiger partial charge in [0.25, 0.3) is 0 Å². The van der Waals surface area contributed by atoms with E-state index in [1.165, 1.54) is 12.8 Å². The molecule has 1 aliphatic heterocycles. The van der Waals surface area contributed by atoms with E-state index in [0.29, 0.717) is 6.10 Å². The fourth-order valence-corrected chi connectivity index (χ4v) is 1.85. The van der Waals surface area contributed by atoms with Crippen LogP contribution in [-0.4, -0.2) is 26.3 Å². The van der Waals surface area contributed by atoms with Crippen molar-refractivity contribution in [3.8, 4) is 0 Å². The van der Waals surface area contributed by atoms with Crippen LogP contribution in [0.2, 0.25) is 0 Å². The van der Waals surface area contributed by atoms with Crippen LogP contribution in [0, 0.1) is 5.92 Å². The van der Waals surface area contributed by atoms with Crippen LogP contribution in [0.25, 0.3) is 0 Å². The van der Waals surface area contributed by atoms with Gasteiger partial charge in [-0.25, -0.2) is 0 Å². The van der Waals surface area contributed by atoms with Gasteiger partial charge < -0.3 is 10.1 Å². The Labute approximate surface area is 69.3 Å². The quantitative estimate of drug-likeness (QED) is 0.669. The van der Waals surface area contributed by atoms with E-state index in [1.807, 2.05) is 7.05 Å². The summed E-state index contributed by atoms with van der Waals surface area (Å²) in [6.45, 7) is 4.29. The minimum absolute atomic E-state index is 0.510. The van der Waals surface area contributed by atoms with Gasteiger partial charge in [-0.1, -0.05) is 6.92 Å². The molecule has 0 amide bonds. The molecule has 0 aromatic carbocycles. The van der Waals surface area contributed by atoms with Gasteiger partial charge in [0, 0.05) is 13.2 Å². The Morgan fingerprint density at radius 1 is 1.55 bits per heavy atom. The number of hydrogen-bond donors (Lipinski definition) is 1. The first-order valence-corrected chi connectivity index (χ1v) is 4.64. The van der Waals surface area contributed by atoms with Gasteiger partial charge in [0.1, 0.15) is 0 Å². The molecule has 11 heavy (non-hydrogen) atoms. The molecule has 0 spiro atoms. The van der Waals surface area contributed by atoms with Crippen LogP contribution < -0.4 is 5.32 Å². The summed E-state index contributed by atoms with van der Waals surface area (Å²) in [5.41, 5.74) is 0. The van der Waals surface area contributed by atoms with Crippen molar-refractivity contribution in [2.75, 3.05) is 20.2 Å². The van der Waals surface area contributed by atoms with Crippen LogP contribution in [0.3, 0.4) is 0 Å². The lowest BCUT2D eigenvalue weighted by Gasteiger charge is -2.30. The summed E-state index contributed by atoms with van der Waals surface area (Å²) < 4.78 is 5.65. The molecule has 0 saturated carbocycles. The van der Waals surface area contributed by atoms with Gasteiger partial charge in [-0.15, -0.1) is 0 Å². The number of rotatable bonds is 3. The zero-order chi connectivity index (χ0) is 8.10. The summed E-state index contributed by atoms with van der Waals surface area (Å²) >= 11 is 0. The van der Waals surface area contributed by atoms with E-state index < -0.39 is 0 Å². The Morgan fingerprint density at radius 3 is 3.00 bits per heavy atom. The highest BCUT2D eigenvalue weighted by atomic mass is 16.5. The largest absolute Gasteiger partial charge is 0.378 e. The second-order valence-corrected chi connectivity index (χ2v) is 3.28. The molecule has 1 aliphatic rings. The Hall–Kier alpha value is -0.0800. The van der Waals surface area contributed by atoms with E-state index in [4.69, 9.17) is 4.74 Å². The van der Waals surface area contributed by atoms with Gasteiger partial charge >= 0.3 is 0 Å². The molecule has 1 N–H and O–H groups in total. The molecule has 0 aromatic heterocycles. The second-order valence-electron chi connectivity index (χ2n) is 3.28. The molecule has 1 rings (SSSR count). The molecule has 66 valence electrons. The molecule has 0 bridgehead atoms. The maximum absolute atomic E-state index is 5.65. The van der Waals surface area contributed by atoms with Gasteiger partial charge in [0.05, 0.1) is 6.10 Å². The zero-order valence-electron chi connectivity index (χ0n) is 7.60. The molecule has 1 saturated heterocycles. The van der Waals surface area contributed by atoms with Crippen LogP contribution in [0.15, 0.2) is 0 Å². The minimum Gasteiger partial charge on any atom is -0.378 e. The van der Waals surface area contributed by atoms with Crippen LogP contribution in [0.4, 0.5) is 0 Å². The average Bonchev–Trinajstić information content (AvgIpc) is 2.06. The number of ether oxygens (including phenoxy) is 1. The van der Waals surface area contributed by atoms with Crippen LogP contribution in [0.1, 0.15) is 26.2 Å². The third kappa shape index (κ3) is 2.46. The van der Waals surface area contributed by atoms with Crippen molar-refractivity contribution < 1.29 is 4.74 Å². The normalized spacial score (nSPS) is 32.2. The maximum Gasteiger partial charge on any atom is 0.0612 e. The van der Waals surface area contributed by atoms with E-state index in [2.05, 4.69) is 12.2 Å². The molecule has 2 unspecified atom stereocenters. The van der Waals surface area contributed by atoms with Gasteiger partial charge in [0.2, 0.25) is 0 Å². The van der Waals surface area contributed by atoms with Crippen LogP contribution >= 0.6 is 0 Å². The standard InChI is InChI=1S/C9H19NO/c1-3-9-8(7-10-2)5-4-6-11-9/h8-10H,3-7H2,1-2H3. The van der Waals surface area contributed by atoms with E-state index in [0.717, 1.165) is 25.5 Å². The molecule has 2 atom stereocenters. The van der Waals surface area contributed by atoms with Crippen molar-refractivity contribution in [2.45, 2.75) is 32.3 Å². The number of nitrogens with one attached hydrogen (secondary N) is 1. The van der Waals surface area contributed by atoms with Crippen molar-refractivity contribution in [3.63, 3.8) is 0 Å². The topological polar surface area (TPSA) is 21.3 Å². The summed E-state index contributed by atoms with van der Waals surface area (Å²) in [7, 11) is 2.02. The van der Waals surface area contributed by atoms with Gasteiger partial charge in [-0.2, -0.15) is 0 Å². The first-order valence-electron chi connectivity index (χ1n) is 4.64. The molecule has 0 aromatic rings. The second kappa shape index (κ2) is 4.73. The predicted octanol–water partition coefficient (Wildman–Crippen LogP) is 1.41. The molecule has 2 nitrogen and oxygen atoms in total. The first-order chi connectivity index (χ1) is 5.38. The summed E-state index contributed by atoms with van der Waals surface area (Å²) in [5, 5.41) is 3.22. The number of hydrogen-bond acceptors (Lipinski definition) is 2. The summed E-state index contributed by atoms with van der Waals surface area (Å²) in [4.78, 5) is 0. The van der Waals surface area contributed by atoms with Crippen molar-refractivity contribution in [2.24, 2.45) is 5.92 Å². The monoisotopic (exact) mass is 157 g/mol. The Kier molecular flexibility index (Phi) is 3.87. The van der Waals surface area contributed by atoms with Crippen LogP contribution in [0.5, 0.6) is 0 Å². The molecule has 1 heterocycles. The lowest BCUT2D eigenvalue weighted by molar-refractivity contribution is -0.0268. The van der Waals surface area contributed by atoms with E-state index in [1.54, 1.807) is 0 Å². The van der Waals surface area contributed by atoms with Crippen molar-refractivity contribution in [1.82, 2.24) is 5.32 Å². The van der Waals surface area contributed by atoms with E-state index in [-0.39, 0.29) is 0 Å². The van der Waals surface area contributed by atoms with Gasteiger partial charge in [-0.3, -0.25) is 0 Å². The third-order valence-electron chi connectivity index (χ3n) is 2.45. The van der Waals surface area contributed by atoms with E-state index >= 15 is 0 Å². The third-order valence-corrected chi connectivity index (χ3v) is 2.45. The smallest absolute Gasteiger partial charge is 0.0612 e. The molecular formula is C9H19NO. The van der Waals surface area contributed by atoms with Crippen molar-refractivity contribution >= 4 is 0 Å². The highest BCUT2D eigenvalue weighted by molar-refractivity contribution is 4.74. The average molecular weight is 157 g/mol. The molecule has 2 heteroatoms. The summed E-state index contributed by atoms with van der Waals surface area (Å²) in [5.74, 6) is 0.749. The lowest BCUT2D eigenvalue weighted by atomic mass is 9.93. The SMILES string of the molecule is CCC1OCCCC1CNC. The van der Waals surface area contributed by atoms with Gasteiger partial charge in [-0.05, 0) is 32.2 Å². The summed E-state index contributed by atoms with van der Waals surface area (Å²) in [6, 6.07) is 0. The maximum atomic E-state index is 5.65. The molecule has 0 aliphatic carbocycles. The fraction of sp³-hybridized carbons (Fsp3) is 1.00. The van der Waals surface area contributed by atoms with E-state index in [9.17, 15) is 0 Å². The summed E-state index contributed by atoms with van der Waals surface area (Å²) in [6.07, 6.45) is 4.24. The predicted molar refractivity (Wildman–Crippen MR) is 46.7 cm³/mol. The van der Waals surface area contributed by atoms with Crippen molar-refractivity contribution in [3.05, 3.63) is 0 Å². The highest BCUT2D eigenvalue weighted by Crippen LogP contribution is 2.21. The minimum atomic E-state index is 0.510. The Morgan fingerprint density at radius 2 is 2.36 bits per heavy atom.